The maximum absolute atomic E-state index is 11.0. The van der Waals surface area contributed by atoms with E-state index in [1.165, 1.54) is 6.92 Å². The largest absolute Gasteiger partial charge is 0.365 e. The molecule has 6 heteroatoms. The Morgan fingerprint density at radius 2 is 2.20 bits per heavy atom. The summed E-state index contributed by atoms with van der Waals surface area (Å²) in [5, 5.41) is 17.4. The van der Waals surface area contributed by atoms with E-state index in [9.17, 15) is 9.90 Å². The number of hydrogen-bond acceptors (Lipinski definition) is 4. The maximum atomic E-state index is 11.0. The first kappa shape index (κ1) is 9.60. The van der Waals surface area contributed by atoms with E-state index in [-0.39, 0.29) is 0 Å². The summed E-state index contributed by atoms with van der Waals surface area (Å²) >= 11 is 0. The van der Waals surface area contributed by atoms with Crippen molar-refractivity contribution in [3.05, 3.63) is 24.3 Å². The summed E-state index contributed by atoms with van der Waals surface area (Å²) in [6.07, 6.45) is 0. The third-order valence-corrected chi connectivity index (χ3v) is 2.23. The third kappa shape index (κ3) is 1.35. The summed E-state index contributed by atoms with van der Waals surface area (Å²) in [7, 11) is 0. The van der Waals surface area contributed by atoms with Crippen LogP contribution < -0.4 is 5.73 Å². The van der Waals surface area contributed by atoms with Gasteiger partial charge in [-0.25, -0.2) is 4.68 Å². The minimum atomic E-state index is -1.86. The lowest BCUT2D eigenvalue weighted by Gasteiger charge is -2.19. The molecule has 2 aromatic rings. The number of rotatable bonds is 2. The molecule has 1 atom stereocenters. The van der Waals surface area contributed by atoms with Gasteiger partial charge in [0.1, 0.15) is 5.52 Å². The molecule has 6 nitrogen and oxygen atoms in total. The van der Waals surface area contributed by atoms with Gasteiger partial charge in [0, 0.05) is 0 Å². The van der Waals surface area contributed by atoms with Gasteiger partial charge in [-0.2, -0.15) is 0 Å². The standard InChI is InChI=1S/C9H10N4O2/c1-9(15,8(10)14)13-7-5-3-2-4-6(7)11-12-13/h2-5,15H,1H3,(H2,10,14). The highest BCUT2D eigenvalue weighted by atomic mass is 16.3. The Morgan fingerprint density at radius 3 is 2.87 bits per heavy atom. The minimum absolute atomic E-state index is 0.557. The van der Waals surface area contributed by atoms with E-state index >= 15 is 0 Å². The van der Waals surface area contributed by atoms with Crippen LogP contribution >= 0.6 is 0 Å². The van der Waals surface area contributed by atoms with Crippen LogP contribution in [-0.4, -0.2) is 26.0 Å². The second-order valence-electron chi connectivity index (χ2n) is 3.38. The van der Waals surface area contributed by atoms with Crippen LogP contribution in [0.2, 0.25) is 0 Å². The second-order valence-corrected chi connectivity index (χ2v) is 3.38. The topological polar surface area (TPSA) is 94.0 Å². The molecule has 3 N–H and O–H groups in total. The van der Waals surface area contributed by atoms with Gasteiger partial charge in [0.25, 0.3) is 5.91 Å². The fourth-order valence-corrected chi connectivity index (χ4v) is 1.29. The molecule has 0 fully saturated rings. The molecular weight excluding hydrogens is 196 g/mol. The number of carbonyl (C=O) groups excluding carboxylic acids is 1. The van der Waals surface area contributed by atoms with Crippen molar-refractivity contribution >= 4 is 16.9 Å². The highest BCUT2D eigenvalue weighted by Crippen LogP contribution is 2.17. The van der Waals surface area contributed by atoms with Crippen LogP contribution in [0.25, 0.3) is 11.0 Å². The molecule has 1 amide bonds. The lowest BCUT2D eigenvalue weighted by molar-refractivity contribution is -0.145. The van der Waals surface area contributed by atoms with Crippen molar-refractivity contribution in [1.29, 1.82) is 0 Å². The van der Waals surface area contributed by atoms with Gasteiger partial charge in [0.15, 0.2) is 0 Å². The van der Waals surface area contributed by atoms with Crippen LogP contribution in [0, 0.1) is 0 Å². The second kappa shape index (κ2) is 3.03. The summed E-state index contributed by atoms with van der Waals surface area (Å²) in [4.78, 5) is 11.0. The number of fused-ring (bicyclic) bond motifs is 1. The van der Waals surface area contributed by atoms with Crippen molar-refractivity contribution in [3.8, 4) is 0 Å². The predicted molar refractivity (Wildman–Crippen MR) is 52.6 cm³/mol. The fourth-order valence-electron chi connectivity index (χ4n) is 1.29. The molecule has 1 heterocycles. The first-order valence-electron chi connectivity index (χ1n) is 4.36. The van der Waals surface area contributed by atoms with Crippen LogP contribution in [0.4, 0.5) is 0 Å². The maximum Gasteiger partial charge on any atom is 0.272 e. The van der Waals surface area contributed by atoms with Crippen molar-refractivity contribution in [1.82, 2.24) is 15.0 Å². The van der Waals surface area contributed by atoms with Gasteiger partial charge >= 0.3 is 0 Å². The molecule has 0 saturated heterocycles. The lowest BCUT2D eigenvalue weighted by Crippen LogP contribution is -2.44. The fraction of sp³-hybridized carbons (Fsp3) is 0.222. The average Bonchev–Trinajstić information content (AvgIpc) is 2.61. The number of nitrogens with two attached hydrogens (primary N) is 1. The Morgan fingerprint density at radius 1 is 1.53 bits per heavy atom. The molecule has 1 aromatic heterocycles. The van der Waals surface area contributed by atoms with Crippen LogP contribution in [0.3, 0.4) is 0 Å². The first-order chi connectivity index (χ1) is 7.03. The first-order valence-corrected chi connectivity index (χ1v) is 4.36. The number of aliphatic hydroxyl groups is 1. The molecule has 1 unspecified atom stereocenters. The SMILES string of the molecule is CC(O)(C(N)=O)n1nnc2ccccc21. The Bertz CT molecular complexity index is 518. The molecule has 0 radical (unpaired) electrons. The third-order valence-electron chi connectivity index (χ3n) is 2.23. The van der Waals surface area contributed by atoms with Gasteiger partial charge in [-0.1, -0.05) is 17.3 Å². The summed E-state index contributed by atoms with van der Waals surface area (Å²) in [6.45, 7) is 1.27. The highest BCUT2D eigenvalue weighted by molar-refractivity contribution is 5.83. The molecule has 15 heavy (non-hydrogen) atoms. The Kier molecular flexibility index (Phi) is 1.94. The Hall–Kier alpha value is -1.95. The van der Waals surface area contributed by atoms with E-state index in [1.54, 1.807) is 24.3 Å². The van der Waals surface area contributed by atoms with Gasteiger partial charge in [0.05, 0.1) is 5.52 Å². The van der Waals surface area contributed by atoms with Crippen molar-refractivity contribution in [2.75, 3.05) is 0 Å². The molecule has 0 spiro atoms. The molecule has 0 aliphatic carbocycles. The molecule has 0 bridgehead atoms. The van der Waals surface area contributed by atoms with E-state index in [0.29, 0.717) is 11.0 Å². The predicted octanol–water partition coefficient (Wildman–Crippen LogP) is -0.418. The number of para-hydroxylation sites is 1. The van der Waals surface area contributed by atoms with Gasteiger partial charge in [-0.05, 0) is 19.1 Å². The number of primary amides is 1. The zero-order valence-corrected chi connectivity index (χ0v) is 8.08. The van der Waals surface area contributed by atoms with Crippen LogP contribution in [0.15, 0.2) is 24.3 Å². The van der Waals surface area contributed by atoms with Crippen molar-refractivity contribution < 1.29 is 9.90 Å². The number of aromatic nitrogens is 3. The Labute approximate surface area is 85.3 Å². The molecule has 2 rings (SSSR count). The molecule has 1 aromatic carbocycles. The summed E-state index contributed by atoms with van der Waals surface area (Å²) in [5.41, 5.74) is 4.36. The smallest absolute Gasteiger partial charge is 0.272 e. The van der Waals surface area contributed by atoms with E-state index in [0.717, 1.165) is 4.68 Å². The van der Waals surface area contributed by atoms with Gasteiger partial charge in [-0.3, -0.25) is 4.79 Å². The molecule has 0 saturated carbocycles. The van der Waals surface area contributed by atoms with E-state index in [2.05, 4.69) is 10.3 Å². The van der Waals surface area contributed by atoms with E-state index < -0.39 is 11.6 Å². The average molecular weight is 206 g/mol. The van der Waals surface area contributed by atoms with E-state index in [4.69, 9.17) is 5.73 Å². The van der Waals surface area contributed by atoms with Crippen molar-refractivity contribution in [2.24, 2.45) is 5.73 Å². The van der Waals surface area contributed by atoms with Gasteiger partial charge in [0.2, 0.25) is 5.72 Å². The number of carbonyl (C=O) groups is 1. The molecular formula is C9H10N4O2. The number of hydrogen-bond donors (Lipinski definition) is 2. The normalized spacial score (nSPS) is 15.1. The minimum Gasteiger partial charge on any atom is -0.365 e. The monoisotopic (exact) mass is 206 g/mol. The van der Waals surface area contributed by atoms with Gasteiger partial charge in [-0.15, -0.1) is 5.10 Å². The van der Waals surface area contributed by atoms with Crippen molar-refractivity contribution in [2.45, 2.75) is 12.6 Å². The summed E-state index contributed by atoms with van der Waals surface area (Å²) < 4.78 is 1.10. The quantitative estimate of drug-likeness (QED) is 0.697. The van der Waals surface area contributed by atoms with Gasteiger partial charge < -0.3 is 10.8 Å². The van der Waals surface area contributed by atoms with E-state index in [1.807, 2.05) is 0 Å². The zero-order chi connectivity index (χ0) is 11.1. The molecule has 0 aliphatic heterocycles. The molecule has 0 aliphatic rings. The van der Waals surface area contributed by atoms with Crippen LogP contribution in [-0.2, 0) is 10.5 Å². The highest BCUT2D eigenvalue weighted by Gasteiger charge is 2.32. The van der Waals surface area contributed by atoms with Crippen molar-refractivity contribution in [3.63, 3.8) is 0 Å². The number of benzene rings is 1. The van der Waals surface area contributed by atoms with Crippen LogP contribution in [0.5, 0.6) is 0 Å². The lowest BCUT2D eigenvalue weighted by atomic mass is 10.2. The number of amides is 1. The Balaban J connectivity index is 2.67. The number of nitrogens with zero attached hydrogens (tertiary/aromatic N) is 3. The summed E-state index contributed by atoms with van der Waals surface area (Å²) in [6, 6.07) is 6.99. The summed E-state index contributed by atoms with van der Waals surface area (Å²) in [5.74, 6) is -0.877. The zero-order valence-electron chi connectivity index (χ0n) is 8.08. The molecule has 78 valence electrons. The van der Waals surface area contributed by atoms with Crippen LogP contribution in [0.1, 0.15) is 6.92 Å².